The van der Waals surface area contributed by atoms with E-state index < -0.39 is 11.4 Å². The van der Waals surface area contributed by atoms with E-state index in [1.165, 1.54) is 4.90 Å². The molecule has 0 aromatic rings. The van der Waals surface area contributed by atoms with Gasteiger partial charge in [-0.2, -0.15) is 10.5 Å². The maximum absolute atomic E-state index is 12.2. The number of nitrogens with zero attached hydrogens (tertiary/aromatic N) is 3. The Kier molecular flexibility index (Phi) is 8.00. The normalized spacial score (nSPS) is 10.4. The molecule has 0 saturated heterocycles. The summed E-state index contributed by atoms with van der Waals surface area (Å²) in [6.07, 6.45) is 1.00. The molecule has 0 aliphatic heterocycles. The van der Waals surface area contributed by atoms with E-state index in [2.05, 4.69) is 0 Å². The van der Waals surface area contributed by atoms with Crippen molar-refractivity contribution in [2.45, 2.75) is 46.0 Å². The van der Waals surface area contributed by atoms with Crippen molar-refractivity contribution >= 4 is 11.9 Å². The average Bonchev–Trinajstić information content (AvgIpc) is 2.44. The number of nitriles is 2. The Morgan fingerprint density at radius 2 is 1.55 bits per heavy atom. The topological polar surface area (TPSA) is 105 Å². The van der Waals surface area contributed by atoms with Crippen LogP contribution in [0.5, 0.6) is 0 Å². The van der Waals surface area contributed by atoms with Gasteiger partial charge in [0, 0.05) is 19.5 Å². The fourth-order valence-corrected chi connectivity index (χ4v) is 2.01. The van der Waals surface area contributed by atoms with E-state index in [1.807, 2.05) is 12.1 Å². The largest absolute Gasteiger partial charge is 0.481 e. The molecule has 0 bridgehead atoms. The van der Waals surface area contributed by atoms with Crippen LogP contribution in [0.4, 0.5) is 0 Å². The van der Waals surface area contributed by atoms with E-state index >= 15 is 0 Å². The first kappa shape index (κ1) is 17.9. The minimum Gasteiger partial charge on any atom is -0.481 e. The molecule has 6 nitrogen and oxygen atoms in total. The Balaban J connectivity index is 4.92. The second-order valence-electron chi connectivity index (χ2n) is 4.67. The number of carboxylic acids is 1. The summed E-state index contributed by atoms with van der Waals surface area (Å²) in [6, 6.07) is 3.90. The third kappa shape index (κ3) is 4.89. The van der Waals surface area contributed by atoms with Gasteiger partial charge in [-0.25, -0.2) is 0 Å². The van der Waals surface area contributed by atoms with Crippen LogP contribution in [0.25, 0.3) is 0 Å². The van der Waals surface area contributed by atoms with E-state index in [0.29, 0.717) is 12.8 Å². The van der Waals surface area contributed by atoms with Crippen molar-refractivity contribution in [1.82, 2.24) is 4.90 Å². The molecule has 110 valence electrons. The van der Waals surface area contributed by atoms with Gasteiger partial charge in [0.25, 0.3) is 0 Å². The molecule has 0 aliphatic rings. The molecule has 1 amide bonds. The lowest BCUT2D eigenvalue weighted by molar-refractivity contribution is -0.154. The first-order chi connectivity index (χ1) is 9.47. The summed E-state index contributed by atoms with van der Waals surface area (Å²) in [5, 5.41) is 26.5. The van der Waals surface area contributed by atoms with Crippen LogP contribution in [-0.4, -0.2) is 35.0 Å². The van der Waals surface area contributed by atoms with Gasteiger partial charge in [-0.15, -0.1) is 0 Å². The highest BCUT2D eigenvalue weighted by Gasteiger charge is 2.38. The highest BCUT2D eigenvalue weighted by molar-refractivity contribution is 5.85. The number of amides is 1. The lowest BCUT2D eigenvalue weighted by Crippen LogP contribution is -2.40. The maximum Gasteiger partial charge on any atom is 0.310 e. The van der Waals surface area contributed by atoms with Crippen LogP contribution in [0.15, 0.2) is 0 Å². The quantitative estimate of drug-likeness (QED) is 0.694. The smallest absolute Gasteiger partial charge is 0.310 e. The second-order valence-corrected chi connectivity index (χ2v) is 4.67. The van der Waals surface area contributed by atoms with Crippen LogP contribution in [0.3, 0.4) is 0 Å². The molecule has 0 aromatic carbocycles. The molecule has 0 aliphatic carbocycles. The van der Waals surface area contributed by atoms with Gasteiger partial charge in [0.05, 0.1) is 30.4 Å². The summed E-state index contributed by atoms with van der Waals surface area (Å²) in [5.74, 6) is -1.28. The van der Waals surface area contributed by atoms with Crippen LogP contribution < -0.4 is 0 Å². The SMILES string of the molecule is CCC(CC)(CC(=O)N(CCC#N)CCC#N)C(=O)O. The number of rotatable bonds is 9. The average molecular weight is 279 g/mol. The molecule has 6 heteroatoms. The lowest BCUT2D eigenvalue weighted by Gasteiger charge is -2.29. The van der Waals surface area contributed by atoms with Gasteiger partial charge in [-0.05, 0) is 12.8 Å². The molecule has 0 rings (SSSR count). The molecule has 0 fully saturated rings. The van der Waals surface area contributed by atoms with Gasteiger partial charge in [0.15, 0.2) is 0 Å². The van der Waals surface area contributed by atoms with E-state index in [4.69, 9.17) is 10.5 Å². The molecular weight excluding hydrogens is 258 g/mol. The van der Waals surface area contributed by atoms with Crippen LogP contribution in [0.2, 0.25) is 0 Å². The Bertz CT molecular complexity index is 398. The zero-order valence-electron chi connectivity index (χ0n) is 12.1. The molecule has 0 radical (unpaired) electrons. The van der Waals surface area contributed by atoms with Gasteiger partial charge >= 0.3 is 5.97 Å². The number of carboxylic acid groups (broad SMARTS) is 1. The van der Waals surface area contributed by atoms with Crippen molar-refractivity contribution in [3.8, 4) is 12.1 Å². The first-order valence-corrected chi connectivity index (χ1v) is 6.72. The zero-order valence-corrected chi connectivity index (χ0v) is 12.1. The predicted molar refractivity (Wildman–Crippen MR) is 72.3 cm³/mol. The van der Waals surface area contributed by atoms with Crippen LogP contribution in [0, 0.1) is 28.1 Å². The Hall–Kier alpha value is -2.08. The lowest BCUT2D eigenvalue weighted by atomic mass is 9.79. The summed E-state index contributed by atoms with van der Waals surface area (Å²) >= 11 is 0. The van der Waals surface area contributed by atoms with Crippen LogP contribution in [-0.2, 0) is 9.59 Å². The zero-order chi connectivity index (χ0) is 15.6. The second kappa shape index (κ2) is 8.92. The highest BCUT2D eigenvalue weighted by atomic mass is 16.4. The van der Waals surface area contributed by atoms with Gasteiger partial charge < -0.3 is 10.0 Å². The van der Waals surface area contributed by atoms with Crippen molar-refractivity contribution in [3.05, 3.63) is 0 Å². The molecular formula is C14H21N3O3. The highest BCUT2D eigenvalue weighted by Crippen LogP contribution is 2.31. The molecule has 0 aromatic heterocycles. The Morgan fingerprint density at radius 1 is 1.10 bits per heavy atom. The summed E-state index contributed by atoms with van der Waals surface area (Å²) in [5.41, 5.74) is -1.06. The number of carbonyl (C=O) groups is 2. The third-order valence-electron chi connectivity index (χ3n) is 3.64. The molecule has 20 heavy (non-hydrogen) atoms. The summed E-state index contributed by atoms with van der Waals surface area (Å²) in [4.78, 5) is 25.0. The van der Waals surface area contributed by atoms with Crippen molar-refractivity contribution in [2.24, 2.45) is 5.41 Å². The fourth-order valence-electron chi connectivity index (χ4n) is 2.01. The number of aliphatic carboxylic acids is 1. The van der Waals surface area contributed by atoms with Crippen LogP contribution in [0.1, 0.15) is 46.0 Å². The van der Waals surface area contributed by atoms with Crippen molar-refractivity contribution in [3.63, 3.8) is 0 Å². The minimum absolute atomic E-state index is 0.0911. The molecule has 0 saturated carbocycles. The van der Waals surface area contributed by atoms with Crippen molar-refractivity contribution < 1.29 is 14.7 Å². The molecule has 0 atom stereocenters. The maximum atomic E-state index is 12.2. The monoisotopic (exact) mass is 279 g/mol. The molecule has 0 heterocycles. The van der Waals surface area contributed by atoms with E-state index in [0.717, 1.165) is 0 Å². The van der Waals surface area contributed by atoms with Crippen molar-refractivity contribution in [1.29, 1.82) is 10.5 Å². The molecule has 0 unspecified atom stereocenters. The predicted octanol–water partition coefficient (Wildman–Crippen LogP) is 1.92. The first-order valence-electron chi connectivity index (χ1n) is 6.72. The Labute approximate surface area is 119 Å². The van der Waals surface area contributed by atoms with E-state index in [9.17, 15) is 14.7 Å². The van der Waals surface area contributed by atoms with Crippen molar-refractivity contribution in [2.75, 3.05) is 13.1 Å². The van der Waals surface area contributed by atoms with Crippen LogP contribution >= 0.6 is 0 Å². The van der Waals surface area contributed by atoms with Gasteiger partial charge in [-0.3, -0.25) is 9.59 Å². The standard InChI is InChI=1S/C14H21N3O3/c1-3-14(4-2,13(19)20)11-12(18)17(9-5-7-15)10-6-8-16/h3-6,9-11H2,1-2H3,(H,19,20). The summed E-state index contributed by atoms with van der Waals surface area (Å²) < 4.78 is 0. The van der Waals surface area contributed by atoms with Gasteiger partial charge in [0.2, 0.25) is 5.91 Å². The summed E-state index contributed by atoms with van der Waals surface area (Å²) in [7, 11) is 0. The minimum atomic E-state index is -1.06. The Morgan fingerprint density at radius 3 is 1.85 bits per heavy atom. The third-order valence-corrected chi connectivity index (χ3v) is 3.64. The number of hydrogen-bond acceptors (Lipinski definition) is 4. The van der Waals surface area contributed by atoms with Gasteiger partial charge in [-0.1, -0.05) is 13.8 Å². The summed E-state index contributed by atoms with van der Waals surface area (Å²) in [6.45, 7) is 3.97. The fraction of sp³-hybridized carbons (Fsp3) is 0.714. The van der Waals surface area contributed by atoms with Gasteiger partial charge in [0.1, 0.15) is 0 Å². The number of hydrogen-bond donors (Lipinski definition) is 1. The van der Waals surface area contributed by atoms with E-state index in [-0.39, 0.29) is 38.3 Å². The molecule has 1 N–H and O–H groups in total. The molecule has 0 spiro atoms. The number of carbonyl (C=O) groups excluding carboxylic acids is 1. The van der Waals surface area contributed by atoms with E-state index in [1.54, 1.807) is 13.8 Å².